The lowest BCUT2D eigenvalue weighted by Crippen LogP contribution is -1.99. The minimum atomic E-state index is -0.306. The summed E-state index contributed by atoms with van der Waals surface area (Å²) in [5.41, 5.74) is 4.33. The molecular formula is C27H22ClFN4O2. The Kier molecular flexibility index (Phi) is 6.61. The van der Waals surface area contributed by atoms with Gasteiger partial charge in [0.2, 0.25) is 0 Å². The summed E-state index contributed by atoms with van der Waals surface area (Å²) in [6, 6.07) is 19.6. The standard InChI is InChI=1S/C27H22ClFN4O2/c28-24-14-22(5-7-26(24)35-16-18-2-1-3-21(29)12-18)32-27-23-13-19(4-6-25(23)30-17-31-27)20-8-9-33(15-20)10-11-34/h1-9,12-15,17,34H,10-11,16H2,(H,30,31,32). The van der Waals surface area contributed by atoms with Crippen molar-refractivity contribution in [2.75, 3.05) is 11.9 Å². The molecule has 0 aliphatic carbocycles. The summed E-state index contributed by atoms with van der Waals surface area (Å²) < 4.78 is 21.1. The van der Waals surface area contributed by atoms with Gasteiger partial charge in [0, 0.05) is 30.0 Å². The van der Waals surface area contributed by atoms with Gasteiger partial charge < -0.3 is 19.7 Å². The van der Waals surface area contributed by atoms with Crippen molar-refractivity contribution in [3.63, 3.8) is 0 Å². The van der Waals surface area contributed by atoms with E-state index >= 15 is 0 Å². The SMILES string of the molecule is OCCn1ccc(-c2ccc3ncnc(Nc4ccc(OCc5cccc(F)c5)c(Cl)c4)c3c2)c1. The molecule has 0 spiro atoms. The van der Waals surface area contributed by atoms with E-state index in [2.05, 4.69) is 15.3 Å². The van der Waals surface area contributed by atoms with Crippen molar-refractivity contribution in [3.05, 3.63) is 102 Å². The van der Waals surface area contributed by atoms with E-state index in [1.807, 2.05) is 47.3 Å². The van der Waals surface area contributed by atoms with Crippen LogP contribution in [-0.4, -0.2) is 26.2 Å². The molecule has 2 heterocycles. The van der Waals surface area contributed by atoms with Gasteiger partial charge in [-0.1, -0.05) is 29.8 Å². The molecule has 0 bridgehead atoms. The maximum absolute atomic E-state index is 13.4. The molecule has 0 fully saturated rings. The van der Waals surface area contributed by atoms with Crippen LogP contribution in [0, 0.1) is 5.82 Å². The second-order valence-corrected chi connectivity index (χ2v) is 8.41. The highest BCUT2D eigenvalue weighted by molar-refractivity contribution is 6.32. The number of anilines is 2. The summed E-state index contributed by atoms with van der Waals surface area (Å²) >= 11 is 6.45. The van der Waals surface area contributed by atoms with E-state index < -0.39 is 0 Å². The maximum atomic E-state index is 13.4. The fourth-order valence-electron chi connectivity index (χ4n) is 3.82. The number of aromatic nitrogens is 3. The second kappa shape index (κ2) is 10.1. The number of hydrogen-bond acceptors (Lipinski definition) is 5. The van der Waals surface area contributed by atoms with Crippen molar-refractivity contribution in [2.45, 2.75) is 13.2 Å². The smallest absolute Gasteiger partial charge is 0.141 e. The third kappa shape index (κ3) is 5.26. The zero-order chi connectivity index (χ0) is 24.2. The van der Waals surface area contributed by atoms with Gasteiger partial charge in [-0.05, 0) is 65.2 Å². The van der Waals surface area contributed by atoms with Crippen molar-refractivity contribution in [1.29, 1.82) is 0 Å². The lowest BCUT2D eigenvalue weighted by atomic mass is 10.1. The number of ether oxygens (including phenoxy) is 1. The molecule has 0 radical (unpaired) electrons. The number of nitrogens with zero attached hydrogens (tertiary/aromatic N) is 3. The van der Waals surface area contributed by atoms with E-state index in [0.717, 1.165) is 33.3 Å². The summed E-state index contributed by atoms with van der Waals surface area (Å²) in [7, 11) is 0. The molecule has 0 saturated heterocycles. The van der Waals surface area contributed by atoms with Gasteiger partial charge in [0.05, 0.1) is 17.1 Å². The molecule has 0 unspecified atom stereocenters. The molecule has 5 rings (SSSR count). The fourth-order valence-corrected chi connectivity index (χ4v) is 4.06. The van der Waals surface area contributed by atoms with E-state index in [9.17, 15) is 4.39 Å². The number of aliphatic hydroxyl groups excluding tert-OH is 1. The minimum absolute atomic E-state index is 0.0882. The van der Waals surface area contributed by atoms with Gasteiger partial charge in [-0.2, -0.15) is 0 Å². The Hall–Kier alpha value is -3.94. The topological polar surface area (TPSA) is 72.2 Å². The largest absolute Gasteiger partial charge is 0.487 e. The highest BCUT2D eigenvalue weighted by Crippen LogP contribution is 2.32. The molecule has 8 heteroatoms. The Morgan fingerprint density at radius 3 is 2.74 bits per heavy atom. The molecule has 0 aliphatic heterocycles. The van der Waals surface area contributed by atoms with Crippen molar-refractivity contribution in [2.24, 2.45) is 0 Å². The monoisotopic (exact) mass is 488 g/mol. The van der Waals surface area contributed by atoms with Gasteiger partial charge in [-0.3, -0.25) is 0 Å². The predicted molar refractivity (Wildman–Crippen MR) is 136 cm³/mol. The molecule has 3 aromatic carbocycles. The second-order valence-electron chi connectivity index (χ2n) is 8.00. The first-order chi connectivity index (χ1) is 17.1. The molecule has 0 aliphatic rings. The van der Waals surface area contributed by atoms with Crippen LogP contribution < -0.4 is 10.1 Å². The zero-order valence-corrected chi connectivity index (χ0v) is 19.4. The first-order valence-electron chi connectivity index (χ1n) is 11.0. The van der Waals surface area contributed by atoms with Gasteiger partial charge in [0.25, 0.3) is 0 Å². The summed E-state index contributed by atoms with van der Waals surface area (Å²) in [4.78, 5) is 8.82. The van der Waals surface area contributed by atoms with Gasteiger partial charge in [0.15, 0.2) is 0 Å². The van der Waals surface area contributed by atoms with Crippen LogP contribution in [0.4, 0.5) is 15.9 Å². The zero-order valence-electron chi connectivity index (χ0n) is 18.7. The molecule has 2 aromatic heterocycles. The number of rotatable bonds is 8. The number of nitrogens with one attached hydrogen (secondary N) is 1. The van der Waals surface area contributed by atoms with Crippen LogP contribution in [0.1, 0.15) is 5.56 Å². The first kappa shape index (κ1) is 22.8. The highest BCUT2D eigenvalue weighted by atomic mass is 35.5. The average Bonchev–Trinajstić information content (AvgIpc) is 3.32. The van der Waals surface area contributed by atoms with Gasteiger partial charge in [0.1, 0.15) is 30.3 Å². The third-order valence-electron chi connectivity index (χ3n) is 5.56. The summed E-state index contributed by atoms with van der Waals surface area (Å²) in [5, 5.41) is 13.8. The summed E-state index contributed by atoms with van der Waals surface area (Å²) in [5.74, 6) is 0.847. The van der Waals surface area contributed by atoms with Crippen molar-refractivity contribution in [1.82, 2.24) is 14.5 Å². The van der Waals surface area contributed by atoms with E-state index in [1.165, 1.54) is 18.5 Å². The van der Waals surface area contributed by atoms with Crippen molar-refractivity contribution < 1.29 is 14.2 Å². The van der Waals surface area contributed by atoms with Crippen LogP contribution in [-0.2, 0) is 13.2 Å². The van der Waals surface area contributed by atoms with Gasteiger partial charge in [-0.25, -0.2) is 14.4 Å². The van der Waals surface area contributed by atoms with E-state index in [0.29, 0.717) is 23.1 Å². The van der Waals surface area contributed by atoms with Crippen LogP contribution >= 0.6 is 11.6 Å². The number of aliphatic hydroxyl groups is 1. The molecule has 0 atom stereocenters. The van der Waals surface area contributed by atoms with E-state index in [4.69, 9.17) is 21.4 Å². The Morgan fingerprint density at radius 1 is 1.00 bits per heavy atom. The van der Waals surface area contributed by atoms with Gasteiger partial charge in [-0.15, -0.1) is 0 Å². The molecule has 0 saturated carbocycles. The quantitative estimate of drug-likeness (QED) is 0.272. The number of hydrogen-bond donors (Lipinski definition) is 2. The molecule has 176 valence electrons. The first-order valence-corrected chi connectivity index (χ1v) is 11.4. The number of halogens is 2. The van der Waals surface area contributed by atoms with Crippen LogP contribution in [0.3, 0.4) is 0 Å². The summed E-state index contributed by atoms with van der Waals surface area (Å²) in [6.07, 6.45) is 5.45. The van der Waals surface area contributed by atoms with Gasteiger partial charge >= 0.3 is 0 Å². The Bertz CT molecular complexity index is 1490. The fraction of sp³-hybridized carbons (Fsp3) is 0.111. The third-order valence-corrected chi connectivity index (χ3v) is 5.85. The number of fused-ring (bicyclic) bond motifs is 1. The highest BCUT2D eigenvalue weighted by Gasteiger charge is 2.10. The molecular weight excluding hydrogens is 467 g/mol. The van der Waals surface area contributed by atoms with Crippen LogP contribution in [0.5, 0.6) is 5.75 Å². The minimum Gasteiger partial charge on any atom is -0.487 e. The Balaban J connectivity index is 1.37. The molecule has 0 amide bonds. The van der Waals surface area contributed by atoms with E-state index in [-0.39, 0.29) is 19.0 Å². The molecule has 2 N–H and O–H groups in total. The van der Waals surface area contributed by atoms with Crippen LogP contribution in [0.15, 0.2) is 85.5 Å². The van der Waals surface area contributed by atoms with Crippen LogP contribution in [0.2, 0.25) is 5.02 Å². The number of benzene rings is 3. The molecule has 35 heavy (non-hydrogen) atoms. The Morgan fingerprint density at radius 2 is 1.91 bits per heavy atom. The lowest BCUT2D eigenvalue weighted by molar-refractivity contribution is 0.276. The van der Waals surface area contributed by atoms with Crippen LogP contribution in [0.25, 0.3) is 22.0 Å². The normalized spacial score (nSPS) is 11.1. The van der Waals surface area contributed by atoms with Crippen molar-refractivity contribution >= 4 is 34.0 Å². The molecule has 6 nitrogen and oxygen atoms in total. The molecule has 5 aromatic rings. The lowest BCUT2D eigenvalue weighted by Gasteiger charge is -2.12. The maximum Gasteiger partial charge on any atom is 0.141 e. The van der Waals surface area contributed by atoms with E-state index in [1.54, 1.807) is 24.3 Å². The predicted octanol–water partition coefficient (Wildman–Crippen LogP) is 6.21. The summed E-state index contributed by atoms with van der Waals surface area (Å²) in [6.45, 7) is 0.848. The average molecular weight is 489 g/mol. The Labute approximate surface area is 206 Å². The van der Waals surface area contributed by atoms with Crippen molar-refractivity contribution in [3.8, 4) is 16.9 Å².